The summed E-state index contributed by atoms with van der Waals surface area (Å²) in [4.78, 5) is 2.39. The quantitative estimate of drug-likeness (QED) is 0.920. The molecule has 1 saturated heterocycles. The number of hydrogen-bond acceptors (Lipinski definition) is 2. The Labute approximate surface area is 124 Å². The summed E-state index contributed by atoms with van der Waals surface area (Å²) in [5.41, 5.74) is 6.13. The molecule has 0 aromatic heterocycles. The van der Waals surface area contributed by atoms with Crippen molar-refractivity contribution in [3.05, 3.63) is 35.4 Å². The Morgan fingerprint density at radius 2 is 1.57 bits per heavy atom. The fourth-order valence-corrected chi connectivity index (χ4v) is 2.89. The number of likely N-dealkylation sites (tertiary alicyclic amines) is 1. The number of halogens is 3. The van der Waals surface area contributed by atoms with Gasteiger partial charge in [0.15, 0.2) is 0 Å². The highest BCUT2D eigenvalue weighted by Gasteiger charge is 2.30. The van der Waals surface area contributed by atoms with E-state index in [1.807, 2.05) is 0 Å². The van der Waals surface area contributed by atoms with Gasteiger partial charge in [0.1, 0.15) is 0 Å². The van der Waals surface area contributed by atoms with Crippen molar-refractivity contribution < 1.29 is 13.2 Å². The molecule has 0 spiro atoms. The lowest BCUT2D eigenvalue weighted by Gasteiger charge is -2.26. The highest BCUT2D eigenvalue weighted by atomic mass is 19.4. The largest absolute Gasteiger partial charge is 0.416 e. The van der Waals surface area contributed by atoms with Gasteiger partial charge >= 0.3 is 6.18 Å². The number of rotatable bonds is 4. The molecule has 1 unspecified atom stereocenters. The van der Waals surface area contributed by atoms with Crippen LogP contribution < -0.4 is 5.73 Å². The first-order valence-corrected chi connectivity index (χ1v) is 7.60. The van der Waals surface area contributed by atoms with Crippen LogP contribution in [0.15, 0.2) is 24.3 Å². The van der Waals surface area contributed by atoms with Crippen LogP contribution >= 0.6 is 0 Å². The molecule has 1 heterocycles. The van der Waals surface area contributed by atoms with Crippen molar-refractivity contribution in [1.82, 2.24) is 4.90 Å². The minimum Gasteiger partial charge on any atom is -0.330 e. The van der Waals surface area contributed by atoms with Crippen LogP contribution in [-0.2, 0) is 6.18 Å². The first kappa shape index (κ1) is 16.3. The van der Waals surface area contributed by atoms with Crippen LogP contribution in [0.1, 0.15) is 42.7 Å². The average Bonchev–Trinajstić information content (AvgIpc) is 2.72. The highest BCUT2D eigenvalue weighted by Crippen LogP contribution is 2.30. The normalized spacial score (nSPS) is 19.2. The van der Waals surface area contributed by atoms with Crippen molar-refractivity contribution in [2.45, 2.75) is 37.8 Å². The number of nitrogens with two attached hydrogens (primary N) is 1. The van der Waals surface area contributed by atoms with E-state index in [-0.39, 0.29) is 5.92 Å². The summed E-state index contributed by atoms with van der Waals surface area (Å²) in [7, 11) is 0. The van der Waals surface area contributed by atoms with Gasteiger partial charge in [-0.1, -0.05) is 25.0 Å². The van der Waals surface area contributed by atoms with Crippen LogP contribution in [0.2, 0.25) is 0 Å². The van der Waals surface area contributed by atoms with E-state index in [4.69, 9.17) is 5.73 Å². The van der Waals surface area contributed by atoms with E-state index in [1.165, 1.54) is 25.7 Å². The van der Waals surface area contributed by atoms with Crippen LogP contribution in [0.4, 0.5) is 13.2 Å². The third kappa shape index (κ3) is 4.71. The van der Waals surface area contributed by atoms with Gasteiger partial charge in [0.2, 0.25) is 0 Å². The Balaban J connectivity index is 2.03. The molecular weight excluding hydrogens is 277 g/mol. The van der Waals surface area contributed by atoms with Crippen LogP contribution in [0, 0.1) is 0 Å². The van der Waals surface area contributed by atoms with Crippen molar-refractivity contribution in [1.29, 1.82) is 0 Å². The molecule has 0 bridgehead atoms. The molecule has 0 saturated carbocycles. The molecule has 0 radical (unpaired) electrons. The zero-order valence-electron chi connectivity index (χ0n) is 12.2. The van der Waals surface area contributed by atoms with E-state index < -0.39 is 11.7 Å². The predicted molar refractivity (Wildman–Crippen MR) is 78.1 cm³/mol. The second kappa shape index (κ2) is 7.27. The SMILES string of the molecule is NCC(CN1CCCCCC1)c1ccc(C(F)(F)F)cc1. The van der Waals surface area contributed by atoms with Crippen LogP contribution in [0.3, 0.4) is 0 Å². The summed E-state index contributed by atoms with van der Waals surface area (Å²) >= 11 is 0. The van der Waals surface area contributed by atoms with Gasteiger partial charge in [0, 0.05) is 19.0 Å². The van der Waals surface area contributed by atoms with Crippen molar-refractivity contribution in [2.75, 3.05) is 26.2 Å². The smallest absolute Gasteiger partial charge is 0.330 e. The Kier molecular flexibility index (Phi) is 5.65. The highest BCUT2D eigenvalue weighted by molar-refractivity contribution is 5.27. The maximum absolute atomic E-state index is 12.6. The van der Waals surface area contributed by atoms with Crippen LogP contribution in [-0.4, -0.2) is 31.1 Å². The molecule has 2 rings (SSSR count). The Morgan fingerprint density at radius 1 is 1.00 bits per heavy atom. The van der Waals surface area contributed by atoms with Gasteiger partial charge in [-0.15, -0.1) is 0 Å². The second-order valence-electron chi connectivity index (χ2n) is 5.77. The number of nitrogens with zero attached hydrogens (tertiary/aromatic N) is 1. The molecular formula is C16H23F3N2. The van der Waals surface area contributed by atoms with Crippen LogP contribution in [0.25, 0.3) is 0 Å². The monoisotopic (exact) mass is 300 g/mol. The zero-order valence-corrected chi connectivity index (χ0v) is 12.2. The van der Waals surface area contributed by atoms with E-state index >= 15 is 0 Å². The molecule has 5 heteroatoms. The first-order valence-electron chi connectivity index (χ1n) is 7.60. The fraction of sp³-hybridized carbons (Fsp3) is 0.625. The third-order valence-corrected chi connectivity index (χ3v) is 4.17. The Hall–Kier alpha value is -1.07. The van der Waals surface area contributed by atoms with Crippen molar-refractivity contribution >= 4 is 0 Å². The van der Waals surface area contributed by atoms with E-state index in [9.17, 15) is 13.2 Å². The van der Waals surface area contributed by atoms with Gasteiger partial charge in [-0.25, -0.2) is 0 Å². The van der Waals surface area contributed by atoms with Crippen LogP contribution in [0.5, 0.6) is 0 Å². The predicted octanol–water partition coefficient (Wildman–Crippen LogP) is 3.62. The number of alkyl halides is 3. The molecule has 1 aliphatic rings. The van der Waals surface area contributed by atoms with Gasteiger partial charge in [-0.3, -0.25) is 0 Å². The second-order valence-corrected chi connectivity index (χ2v) is 5.77. The standard InChI is InChI=1S/C16H23F3N2/c17-16(18,19)15-7-5-13(6-8-15)14(11-20)12-21-9-3-1-2-4-10-21/h5-8,14H,1-4,9-12,20H2. The minimum atomic E-state index is -4.28. The lowest BCUT2D eigenvalue weighted by molar-refractivity contribution is -0.137. The van der Waals surface area contributed by atoms with Gasteiger partial charge in [-0.2, -0.15) is 13.2 Å². The van der Waals surface area contributed by atoms with E-state index in [0.29, 0.717) is 6.54 Å². The molecule has 1 fully saturated rings. The molecule has 2 nitrogen and oxygen atoms in total. The molecule has 2 N–H and O–H groups in total. The summed E-state index contributed by atoms with van der Waals surface area (Å²) in [6.07, 6.45) is 0.657. The Bertz CT molecular complexity index is 420. The molecule has 1 aromatic carbocycles. The molecule has 1 atom stereocenters. The lowest BCUT2D eigenvalue weighted by Crippen LogP contribution is -2.32. The summed E-state index contributed by atoms with van der Waals surface area (Å²) < 4.78 is 37.8. The van der Waals surface area contributed by atoms with Gasteiger partial charge < -0.3 is 10.6 Å². The number of hydrogen-bond donors (Lipinski definition) is 1. The van der Waals surface area contributed by atoms with Crippen molar-refractivity contribution in [3.8, 4) is 0 Å². The molecule has 118 valence electrons. The van der Waals surface area contributed by atoms with E-state index in [2.05, 4.69) is 4.90 Å². The summed E-state index contributed by atoms with van der Waals surface area (Å²) in [6.45, 7) is 3.43. The van der Waals surface area contributed by atoms with E-state index in [0.717, 1.165) is 37.3 Å². The summed E-state index contributed by atoms with van der Waals surface area (Å²) in [6, 6.07) is 5.44. The summed E-state index contributed by atoms with van der Waals surface area (Å²) in [5, 5.41) is 0. The fourth-order valence-electron chi connectivity index (χ4n) is 2.89. The molecule has 21 heavy (non-hydrogen) atoms. The van der Waals surface area contributed by atoms with Crippen molar-refractivity contribution in [2.24, 2.45) is 5.73 Å². The first-order chi connectivity index (χ1) is 10.0. The zero-order chi connectivity index (χ0) is 15.3. The summed E-state index contributed by atoms with van der Waals surface area (Å²) in [5.74, 6) is 0.102. The minimum absolute atomic E-state index is 0.102. The van der Waals surface area contributed by atoms with E-state index in [1.54, 1.807) is 12.1 Å². The molecule has 0 amide bonds. The maximum atomic E-state index is 12.6. The topological polar surface area (TPSA) is 29.3 Å². The Morgan fingerprint density at radius 3 is 2.05 bits per heavy atom. The van der Waals surface area contributed by atoms with Gasteiger partial charge in [0.05, 0.1) is 5.56 Å². The maximum Gasteiger partial charge on any atom is 0.416 e. The average molecular weight is 300 g/mol. The molecule has 1 aromatic rings. The molecule has 0 aliphatic carbocycles. The van der Waals surface area contributed by atoms with Gasteiger partial charge in [0.25, 0.3) is 0 Å². The lowest BCUT2D eigenvalue weighted by atomic mass is 9.97. The van der Waals surface area contributed by atoms with Gasteiger partial charge in [-0.05, 0) is 43.6 Å². The van der Waals surface area contributed by atoms with Crippen molar-refractivity contribution in [3.63, 3.8) is 0 Å². The molecule has 1 aliphatic heterocycles. The third-order valence-electron chi connectivity index (χ3n) is 4.17. The number of benzene rings is 1.